The van der Waals surface area contributed by atoms with E-state index in [0.29, 0.717) is 19.6 Å². The highest BCUT2D eigenvalue weighted by atomic mass is 16.5. The van der Waals surface area contributed by atoms with Gasteiger partial charge >= 0.3 is 5.97 Å². The highest BCUT2D eigenvalue weighted by molar-refractivity contribution is 5.78. The molecule has 114 valence electrons. The first-order valence-corrected chi connectivity index (χ1v) is 7.48. The first-order valence-electron chi connectivity index (χ1n) is 7.48. The average molecular weight is 284 g/mol. The number of rotatable bonds is 5. The van der Waals surface area contributed by atoms with Crippen molar-refractivity contribution in [2.24, 2.45) is 5.92 Å². The van der Waals surface area contributed by atoms with Gasteiger partial charge in [0.05, 0.1) is 12.5 Å². The quantitative estimate of drug-likeness (QED) is 0.685. The minimum Gasteiger partial charge on any atom is -0.481 e. The molecule has 1 amide bonds. The number of nitrogens with one attached hydrogen (secondary N) is 2. The molecule has 1 heterocycles. The third-order valence-corrected chi connectivity index (χ3v) is 4.16. The van der Waals surface area contributed by atoms with Gasteiger partial charge in [-0.3, -0.25) is 9.59 Å². The zero-order valence-electron chi connectivity index (χ0n) is 11.8. The van der Waals surface area contributed by atoms with Gasteiger partial charge in [0.2, 0.25) is 5.91 Å². The van der Waals surface area contributed by atoms with E-state index in [0.717, 1.165) is 32.1 Å². The Kier molecular flexibility index (Phi) is 5.79. The standard InChI is InChI=1S/C14H24N2O4/c17-13(16-11-4-6-20-7-5-11)9-15-12-3-1-2-10(8-12)14(18)19/h10-12,15H,1-9H2,(H,16,17)(H,18,19). The maximum absolute atomic E-state index is 11.8. The highest BCUT2D eigenvalue weighted by Gasteiger charge is 2.27. The van der Waals surface area contributed by atoms with Crippen LogP contribution in [-0.4, -0.2) is 48.8 Å². The smallest absolute Gasteiger partial charge is 0.306 e. The number of carboxylic acid groups (broad SMARTS) is 1. The van der Waals surface area contributed by atoms with Crippen LogP contribution >= 0.6 is 0 Å². The summed E-state index contributed by atoms with van der Waals surface area (Å²) in [6.07, 6.45) is 4.98. The maximum atomic E-state index is 11.8. The molecule has 2 aliphatic rings. The van der Waals surface area contributed by atoms with Gasteiger partial charge < -0.3 is 20.5 Å². The molecule has 6 nitrogen and oxygen atoms in total. The summed E-state index contributed by atoms with van der Waals surface area (Å²) < 4.78 is 5.25. The van der Waals surface area contributed by atoms with Crippen LogP contribution in [0, 0.1) is 5.92 Å². The third-order valence-electron chi connectivity index (χ3n) is 4.16. The molecular formula is C14H24N2O4. The molecule has 1 aliphatic heterocycles. The van der Waals surface area contributed by atoms with Crippen LogP contribution in [0.5, 0.6) is 0 Å². The van der Waals surface area contributed by atoms with Crippen LogP contribution in [0.1, 0.15) is 38.5 Å². The number of ether oxygens (including phenoxy) is 1. The number of carbonyl (C=O) groups is 2. The van der Waals surface area contributed by atoms with Gasteiger partial charge in [-0.2, -0.15) is 0 Å². The summed E-state index contributed by atoms with van der Waals surface area (Å²) in [7, 11) is 0. The molecule has 1 saturated heterocycles. The fourth-order valence-electron chi connectivity index (χ4n) is 2.96. The Bertz CT molecular complexity index is 342. The third kappa shape index (κ3) is 4.76. The largest absolute Gasteiger partial charge is 0.481 e. The molecular weight excluding hydrogens is 260 g/mol. The SMILES string of the molecule is O=C(CNC1CCCC(C(=O)O)C1)NC1CCOCC1. The molecule has 0 aromatic rings. The van der Waals surface area contributed by atoms with Gasteiger partial charge in [0, 0.05) is 25.3 Å². The van der Waals surface area contributed by atoms with Gasteiger partial charge in [-0.15, -0.1) is 0 Å². The molecule has 0 radical (unpaired) electrons. The summed E-state index contributed by atoms with van der Waals surface area (Å²) in [5.74, 6) is -0.989. The molecule has 6 heteroatoms. The van der Waals surface area contributed by atoms with Crippen LogP contribution in [0.4, 0.5) is 0 Å². The van der Waals surface area contributed by atoms with Crippen LogP contribution < -0.4 is 10.6 Å². The predicted octanol–water partition coefficient (Wildman–Crippen LogP) is 0.515. The summed E-state index contributed by atoms with van der Waals surface area (Å²) >= 11 is 0. The number of carbonyl (C=O) groups excluding carboxylic acids is 1. The highest BCUT2D eigenvalue weighted by Crippen LogP contribution is 2.24. The number of amides is 1. The van der Waals surface area contributed by atoms with Crippen LogP contribution in [0.2, 0.25) is 0 Å². The second-order valence-corrected chi connectivity index (χ2v) is 5.73. The molecule has 2 atom stereocenters. The number of hydrogen-bond acceptors (Lipinski definition) is 4. The summed E-state index contributed by atoms with van der Waals surface area (Å²) in [4.78, 5) is 22.8. The molecule has 1 aliphatic carbocycles. The van der Waals surface area contributed by atoms with Crippen molar-refractivity contribution in [3.8, 4) is 0 Å². The lowest BCUT2D eigenvalue weighted by molar-refractivity contribution is -0.143. The van der Waals surface area contributed by atoms with Crippen molar-refractivity contribution in [2.45, 2.75) is 50.6 Å². The number of aliphatic carboxylic acids is 1. The Labute approximate surface area is 119 Å². The predicted molar refractivity (Wildman–Crippen MR) is 73.4 cm³/mol. The zero-order chi connectivity index (χ0) is 14.4. The molecule has 0 aromatic carbocycles. The lowest BCUT2D eigenvalue weighted by atomic mass is 9.86. The Morgan fingerprint density at radius 2 is 1.85 bits per heavy atom. The Morgan fingerprint density at radius 3 is 2.55 bits per heavy atom. The molecule has 0 bridgehead atoms. The molecule has 1 saturated carbocycles. The first-order chi connectivity index (χ1) is 9.65. The van der Waals surface area contributed by atoms with E-state index in [4.69, 9.17) is 9.84 Å². The normalized spacial score (nSPS) is 28.0. The molecule has 0 aromatic heterocycles. The van der Waals surface area contributed by atoms with E-state index in [1.807, 2.05) is 0 Å². The summed E-state index contributed by atoms with van der Waals surface area (Å²) in [6.45, 7) is 1.69. The van der Waals surface area contributed by atoms with E-state index < -0.39 is 5.97 Å². The van der Waals surface area contributed by atoms with Crippen LogP contribution in [0.25, 0.3) is 0 Å². The topological polar surface area (TPSA) is 87.7 Å². The van der Waals surface area contributed by atoms with E-state index >= 15 is 0 Å². The summed E-state index contributed by atoms with van der Waals surface area (Å²) in [5.41, 5.74) is 0. The van der Waals surface area contributed by atoms with Crippen molar-refractivity contribution in [3.05, 3.63) is 0 Å². The molecule has 0 spiro atoms. The van der Waals surface area contributed by atoms with Crippen molar-refractivity contribution >= 4 is 11.9 Å². The van der Waals surface area contributed by atoms with Gasteiger partial charge in [-0.05, 0) is 32.1 Å². The minimum absolute atomic E-state index is 0.00523. The van der Waals surface area contributed by atoms with Gasteiger partial charge in [-0.25, -0.2) is 0 Å². The number of hydrogen-bond donors (Lipinski definition) is 3. The molecule has 20 heavy (non-hydrogen) atoms. The van der Waals surface area contributed by atoms with Crippen molar-refractivity contribution in [2.75, 3.05) is 19.8 Å². The fraction of sp³-hybridized carbons (Fsp3) is 0.857. The van der Waals surface area contributed by atoms with Crippen LogP contribution in [0.15, 0.2) is 0 Å². The fourth-order valence-corrected chi connectivity index (χ4v) is 2.96. The summed E-state index contributed by atoms with van der Waals surface area (Å²) in [6, 6.07) is 0.362. The van der Waals surface area contributed by atoms with Crippen molar-refractivity contribution in [3.63, 3.8) is 0 Å². The molecule has 2 rings (SSSR count). The Hall–Kier alpha value is -1.14. The van der Waals surface area contributed by atoms with E-state index in [2.05, 4.69) is 10.6 Å². The van der Waals surface area contributed by atoms with Crippen molar-refractivity contribution in [1.82, 2.24) is 10.6 Å². The zero-order valence-corrected chi connectivity index (χ0v) is 11.8. The van der Waals surface area contributed by atoms with Gasteiger partial charge in [0.1, 0.15) is 0 Å². The lowest BCUT2D eigenvalue weighted by Gasteiger charge is -2.28. The second-order valence-electron chi connectivity index (χ2n) is 5.73. The van der Waals surface area contributed by atoms with E-state index in [9.17, 15) is 9.59 Å². The summed E-state index contributed by atoms with van der Waals surface area (Å²) in [5, 5.41) is 15.2. The number of carboxylic acids is 1. The Morgan fingerprint density at radius 1 is 1.10 bits per heavy atom. The lowest BCUT2D eigenvalue weighted by Crippen LogP contribution is -2.46. The van der Waals surface area contributed by atoms with E-state index in [1.165, 1.54) is 0 Å². The molecule has 3 N–H and O–H groups in total. The van der Waals surface area contributed by atoms with E-state index in [1.54, 1.807) is 0 Å². The van der Waals surface area contributed by atoms with Crippen LogP contribution in [0.3, 0.4) is 0 Å². The maximum Gasteiger partial charge on any atom is 0.306 e. The van der Waals surface area contributed by atoms with Crippen molar-refractivity contribution in [1.29, 1.82) is 0 Å². The first kappa shape index (κ1) is 15.3. The molecule has 2 unspecified atom stereocenters. The Balaban J connectivity index is 1.66. The van der Waals surface area contributed by atoms with Gasteiger partial charge in [0.25, 0.3) is 0 Å². The van der Waals surface area contributed by atoms with Crippen LogP contribution in [-0.2, 0) is 14.3 Å². The molecule has 2 fully saturated rings. The average Bonchev–Trinajstić information content (AvgIpc) is 2.46. The van der Waals surface area contributed by atoms with Gasteiger partial charge in [0.15, 0.2) is 0 Å². The second kappa shape index (κ2) is 7.59. The van der Waals surface area contributed by atoms with E-state index in [-0.39, 0.29) is 30.5 Å². The minimum atomic E-state index is -0.719. The monoisotopic (exact) mass is 284 g/mol. The van der Waals surface area contributed by atoms with Gasteiger partial charge in [-0.1, -0.05) is 6.42 Å². The van der Waals surface area contributed by atoms with Crippen molar-refractivity contribution < 1.29 is 19.4 Å².